The minimum absolute atomic E-state index is 0.0411. The van der Waals surface area contributed by atoms with E-state index in [4.69, 9.17) is 5.11 Å². The van der Waals surface area contributed by atoms with Gasteiger partial charge in [-0.15, -0.1) is 0 Å². The summed E-state index contributed by atoms with van der Waals surface area (Å²) in [6, 6.07) is 7.51. The topological polar surface area (TPSA) is 61.4 Å². The second-order valence-electron chi connectivity index (χ2n) is 5.08. The maximum atomic E-state index is 11.8. The normalized spacial score (nSPS) is 12.2. The molecule has 1 rings (SSSR count). The van der Waals surface area contributed by atoms with E-state index in [-0.39, 0.29) is 18.6 Å². The van der Waals surface area contributed by atoms with Gasteiger partial charge in [0, 0.05) is 13.1 Å². The van der Waals surface area contributed by atoms with Crippen molar-refractivity contribution in [3.63, 3.8) is 0 Å². The predicted molar refractivity (Wildman–Crippen MR) is 81.2 cm³/mol. The number of aliphatic hydroxyl groups excluding tert-OH is 1. The van der Waals surface area contributed by atoms with Crippen molar-refractivity contribution in [3.05, 3.63) is 35.4 Å². The van der Waals surface area contributed by atoms with Crippen LogP contribution in [0.4, 0.5) is 0 Å². The number of benzene rings is 1. The van der Waals surface area contributed by atoms with Crippen LogP contribution in [-0.4, -0.2) is 23.6 Å². The van der Waals surface area contributed by atoms with Crippen molar-refractivity contribution in [2.45, 2.75) is 52.3 Å². The Labute approximate surface area is 121 Å². The van der Waals surface area contributed by atoms with Crippen LogP contribution in [0.2, 0.25) is 0 Å². The van der Waals surface area contributed by atoms with E-state index < -0.39 is 0 Å². The van der Waals surface area contributed by atoms with Crippen molar-refractivity contribution in [1.82, 2.24) is 10.6 Å². The molecule has 0 aliphatic carbocycles. The molecule has 0 bridgehead atoms. The fourth-order valence-electron chi connectivity index (χ4n) is 1.94. The zero-order chi connectivity index (χ0) is 14.8. The smallest absolute Gasteiger partial charge is 0.236 e. The summed E-state index contributed by atoms with van der Waals surface area (Å²) in [7, 11) is 0. The van der Waals surface area contributed by atoms with E-state index in [1.54, 1.807) is 0 Å². The number of hydrogen-bond acceptors (Lipinski definition) is 3. The number of rotatable bonds is 9. The molecule has 1 aromatic carbocycles. The van der Waals surface area contributed by atoms with Crippen molar-refractivity contribution < 1.29 is 9.90 Å². The van der Waals surface area contributed by atoms with Crippen LogP contribution < -0.4 is 10.6 Å². The highest BCUT2D eigenvalue weighted by atomic mass is 16.3. The molecular weight excluding hydrogens is 252 g/mol. The van der Waals surface area contributed by atoms with E-state index in [1.165, 1.54) is 0 Å². The van der Waals surface area contributed by atoms with E-state index in [9.17, 15) is 4.79 Å². The maximum Gasteiger partial charge on any atom is 0.236 e. The van der Waals surface area contributed by atoms with Crippen molar-refractivity contribution in [2.24, 2.45) is 0 Å². The molecule has 0 saturated heterocycles. The van der Waals surface area contributed by atoms with Crippen LogP contribution in [0.15, 0.2) is 24.3 Å². The SMILES string of the molecule is CCCCCNC(=O)C(C)NCc1cccc(CO)c1. The number of carbonyl (C=O) groups is 1. The highest BCUT2D eigenvalue weighted by Crippen LogP contribution is 2.05. The lowest BCUT2D eigenvalue weighted by Crippen LogP contribution is -2.42. The van der Waals surface area contributed by atoms with Gasteiger partial charge in [-0.25, -0.2) is 0 Å². The lowest BCUT2D eigenvalue weighted by Gasteiger charge is -2.14. The molecule has 0 fully saturated rings. The van der Waals surface area contributed by atoms with E-state index in [1.807, 2.05) is 31.2 Å². The first-order valence-corrected chi connectivity index (χ1v) is 7.37. The Hall–Kier alpha value is -1.39. The van der Waals surface area contributed by atoms with E-state index in [2.05, 4.69) is 17.6 Å². The Kier molecular flexibility index (Phi) is 7.92. The minimum atomic E-state index is -0.214. The Morgan fingerprint density at radius 1 is 1.30 bits per heavy atom. The number of unbranched alkanes of at least 4 members (excludes halogenated alkanes) is 2. The first kappa shape index (κ1) is 16.7. The van der Waals surface area contributed by atoms with E-state index in [0.29, 0.717) is 6.54 Å². The molecule has 4 nitrogen and oxygen atoms in total. The lowest BCUT2D eigenvalue weighted by molar-refractivity contribution is -0.122. The third kappa shape index (κ3) is 6.17. The Bertz CT molecular complexity index is 407. The van der Waals surface area contributed by atoms with Crippen LogP contribution in [0.3, 0.4) is 0 Å². The van der Waals surface area contributed by atoms with Crippen LogP contribution in [0.1, 0.15) is 44.2 Å². The van der Waals surface area contributed by atoms with Gasteiger partial charge in [-0.2, -0.15) is 0 Å². The molecule has 0 saturated carbocycles. The van der Waals surface area contributed by atoms with Crippen molar-refractivity contribution >= 4 is 5.91 Å². The number of aliphatic hydroxyl groups is 1. The molecule has 0 heterocycles. The largest absolute Gasteiger partial charge is 0.392 e. The van der Waals surface area contributed by atoms with Gasteiger partial charge in [-0.1, -0.05) is 44.0 Å². The highest BCUT2D eigenvalue weighted by Gasteiger charge is 2.11. The van der Waals surface area contributed by atoms with Crippen LogP contribution in [0, 0.1) is 0 Å². The number of carbonyl (C=O) groups excluding carboxylic acids is 1. The molecule has 1 unspecified atom stereocenters. The fraction of sp³-hybridized carbons (Fsp3) is 0.562. The molecule has 1 aromatic rings. The first-order chi connectivity index (χ1) is 9.67. The summed E-state index contributed by atoms with van der Waals surface area (Å²) >= 11 is 0. The van der Waals surface area contributed by atoms with Crippen molar-refractivity contribution in [1.29, 1.82) is 0 Å². The molecule has 1 atom stereocenters. The number of hydrogen-bond donors (Lipinski definition) is 3. The average Bonchev–Trinajstić information content (AvgIpc) is 2.49. The third-order valence-corrected chi connectivity index (χ3v) is 3.26. The summed E-state index contributed by atoms with van der Waals surface area (Å²) in [6.45, 7) is 5.43. The first-order valence-electron chi connectivity index (χ1n) is 7.37. The van der Waals surface area contributed by atoms with Gasteiger partial charge in [0.25, 0.3) is 0 Å². The lowest BCUT2D eigenvalue weighted by atomic mass is 10.1. The maximum absolute atomic E-state index is 11.8. The van der Waals surface area contributed by atoms with Crippen LogP contribution in [0.25, 0.3) is 0 Å². The zero-order valence-electron chi connectivity index (χ0n) is 12.5. The summed E-state index contributed by atoms with van der Waals surface area (Å²) < 4.78 is 0. The minimum Gasteiger partial charge on any atom is -0.392 e. The second kappa shape index (κ2) is 9.50. The Morgan fingerprint density at radius 2 is 2.05 bits per heavy atom. The van der Waals surface area contributed by atoms with Gasteiger partial charge in [0.1, 0.15) is 0 Å². The average molecular weight is 278 g/mol. The summed E-state index contributed by atoms with van der Waals surface area (Å²) in [5, 5.41) is 15.2. The Balaban J connectivity index is 2.30. The highest BCUT2D eigenvalue weighted by molar-refractivity contribution is 5.81. The third-order valence-electron chi connectivity index (χ3n) is 3.26. The quantitative estimate of drug-likeness (QED) is 0.605. The molecule has 3 N–H and O–H groups in total. The molecule has 4 heteroatoms. The van der Waals surface area contributed by atoms with Crippen molar-refractivity contribution in [3.8, 4) is 0 Å². The number of amides is 1. The summed E-state index contributed by atoms with van der Waals surface area (Å²) in [5.41, 5.74) is 1.96. The van der Waals surface area contributed by atoms with Gasteiger partial charge in [-0.05, 0) is 24.5 Å². The Morgan fingerprint density at radius 3 is 2.75 bits per heavy atom. The molecule has 0 aliphatic rings. The summed E-state index contributed by atoms with van der Waals surface area (Å²) in [6.07, 6.45) is 3.34. The van der Waals surface area contributed by atoms with Gasteiger partial charge >= 0.3 is 0 Å². The van der Waals surface area contributed by atoms with Gasteiger partial charge < -0.3 is 15.7 Å². The van der Waals surface area contributed by atoms with Gasteiger partial charge in [0.05, 0.1) is 12.6 Å². The molecule has 0 aromatic heterocycles. The second-order valence-corrected chi connectivity index (χ2v) is 5.08. The molecule has 0 spiro atoms. The standard InChI is InChI=1S/C16H26N2O2/c1-3-4-5-9-17-16(20)13(2)18-11-14-7-6-8-15(10-14)12-19/h6-8,10,13,18-19H,3-5,9,11-12H2,1-2H3,(H,17,20). The molecule has 0 aliphatic heterocycles. The molecule has 20 heavy (non-hydrogen) atoms. The summed E-state index contributed by atoms with van der Waals surface area (Å²) in [4.78, 5) is 11.8. The van der Waals surface area contributed by atoms with E-state index >= 15 is 0 Å². The summed E-state index contributed by atoms with van der Waals surface area (Å²) in [5.74, 6) is 0.0411. The van der Waals surface area contributed by atoms with Crippen molar-refractivity contribution in [2.75, 3.05) is 6.54 Å². The fourth-order valence-corrected chi connectivity index (χ4v) is 1.94. The van der Waals surface area contributed by atoms with Gasteiger partial charge in [0.2, 0.25) is 5.91 Å². The van der Waals surface area contributed by atoms with Gasteiger partial charge in [-0.3, -0.25) is 4.79 Å². The van der Waals surface area contributed by atoms with E-state index in [0.717, 1.165) is 36.9 Å². The zero-order valence-corrected chi connectivity index (χ0v) is 12.5. The van der Waals surface area contributed by atoms with Crippen LogP contribution in [0.5, 0.6) is 0 Å². The molecule has 0 radical (unpaired) electrons. The molecule has 1 amide bonds. The predicted octanol–water partition coefficient (Wildman–Crippen LogP) is 1.96. The molecule has 112 valence electrons. The monoisotopic (exact) mass is 278 g/mol. The number of nitrogens with one attached hydrogen (secondary N) is 2. The van der Waals surface area contributed by atoms with Crippen LogP contribution in [-0.2, 0) is 17.9 Å². The van der Waals surface area contributed by atoms with Crippen LogP contribution >= 0.6 is 0 Å². The van der Waals surface area contributed by atoms with Gasteiger partial charge in [0.15, 0.2) is 0 Å². The molecular formula is C16H26N2O2.